The second kappa shape index (κ2) is 9.90. The third kappa shape index (κ3) is 6.36. The number of aliphatic imine (C=N–C) groups is 1. The molecule has 2 rings (SSSR count). The highest BCUT2D eigenvalue weighted by Gasteiger charge is 2.24. The molecular formula is C16H25N5O4S2. The second-order valence-corrected chi connectivity index (χ2v) is 9.07. The predicted molar refractivity (Wildman–Crippen MR) is 108 cm³/mol. The number of hydrogen-bond acceptors (Lipinski definition) is 6. The molecule has 2 atom stereocenters. The zero-order valence-electron chi connectivity index (χ0n) is 15.3. The number of thioether (sulfide) groups is 1. The molecule has 0 heterocycles. The molecule has 3 N–H and O–H groups in total. The van der Waals surface area contributed by atoms with E-state index in [-0.39, 0.29) is 17.1 Å². The van der Waals surface area contributed by atoms with Gasteiger partial charge in [0.15, 0.2) is 5.96 Å². The van der Waals surface area contributed by atoms with Crippen LogP contribution in [0.5, 0.6) is 0 Å². The summed E-state index contributed by atoms with van der Waals surface area (Å²) in [5.74, 6) is 0.635. The largest absolute Gasteiger partial charge is 0.355 e. The Balaban J connectivity index is 1.81. The van der Waals surface area contributed by atoms with Crippen molar-refractivity contribution in [1.29, 1.82) is 0 Å². The lowest BCUT2D eigenvalue weighted by Gasteiger charge is -2.17. The molecular weight excluding hydrogens is 390 g/mol. The average molecular weight is 416 g/mol. The molecule has 0 amide bonds. The molecule has 27 heavy (non-hydrogen) atoms. The molecule has 1 aromatic rings. The summed E-state index contributed by atoms with van der Waals surface area (Å²) >= 11 is 1.88. The first-order valence-electron chi connectivity index (χ1n) is 8.60. The van der Waals surface area contributed by atoms with E-state index in [1.807, 2.05) is 11.8 Å². The van der Waals surface area contributed by atoms with E-state index in [0.717, 1.165) is 18.9 Å². The topological polar surface area (TPSA) is 126 Å². The van der Waals surface area contributed by atoms with Gasteiger partial charge in [-0.25, -0.2) is 13.1 Å². The Hall–Kier alpha value is -1.85. The fraction of sp³-hybridized carbons (Fsp3) is 0.562. The molecule has 2 unspecified atom stereocenters. The van der Waals surface area contributed by atoms with Gasteiger partial charge < -0.3 is 10.6 Å². The maximum Gasteiger partial charge on any atom is 0.270 e. The van der Waals surface area contributed by atoms with Crippen LogP contribution in [0.1, 0.15) is 19.3 Å². The Morgan fingerprint density at radius 2 is 2.15 bits per heavy atom. The average Bonchev–Trinajstić information content (AvgIpc) is 3.12. The quantitative estimate of drug-likeness (QED) is 0.192. The Kier molecular flexibility index (Phi) is 7.87. The molecule has 11 heteroatoms. The van der Waals surface area contributed by atoms with Crippen LogP contribution in [0.15, 0.2) is 34.2 Å². The van der Waals surface area contributed by atoms with Gasteiger partial charge in [-0.15, -0.1) is 0 Å². The standard InChI is InChI=1S/C16H25N5O4S2/c1-17-16(20-12-6-7-14(10-12)26-2)18-8-9-19-27(24,25)15-5-3-4-13(11-15)21(22)23/h3-5,11-12,14,19H,6-10H2,1-2H3,(H2,17,18,20). The minimum Gasteiger partial charge on any atom is -0.355 e. The van der Waals surface area contributed by atoms with E-state index in [2.05, 4.69) is 26.6 Å². The van der Waals surface area contributed by atoms with Crippen molar-refractivity contribution in [3.05, 3.63) is 34.4 Å². The SMILES string of the molecule is CN=C(NCCNS(=O)(=O)c1cccc([N+](=O)[O-])c1)NC1CCC(SC)C1. The molecule has 150 valence electrons. The van der Waals surface area contributed by atoms with Crippen LogP contribution in [0, 0.1) is 10.1 Å². The van der Waals surface area contributed by atoms with Crippen molar-refractivity contribution in [3.63, 3.8) is 0 Å². The number of hydrogen-bond donors (Lipinski definition) is 3. The van der Waals surface area contributed by atoms with Crippen LogP contribution >= 0.6 is 11.8 Å². The van der Waals surface area contributed by atoms with Crippen molar-refractivity contribution in [3.8, 4) is 0 Å². The summed E-state index contributed by atoms with van der Waals surface area (Å²) < 4.78 is 27.0. The van der Waals surface area contributed by atoms with E-state index in [0.29, 0.717) is 23.8 Å². The number of nitro benzene ring substituents is 1. The van der Waals surface area contributed by atoms with Crippen LogP contribution < -0.4 is 15.4 Å². The number of rotatable bonds is 8. The fourth-order valence-electron chi connectivity index (χ4n) is 2.89. The van der Waals surface area contributed by atoms with E-state index in [4.69, 9.17) is 0 Å². The van der Waals surface area contributed by atoms with Crippen molar-refractivity contribution in [2.45, 2.75) is 35.4 Å². The molecule has 0 saturated heterocycles. The molecule has 1 aliphatic rings. The van der Waals surface area contributed by atoms with Crippen molar-refractivity contribution in [1.82, 2.24) is 15.4 Å². The summed E-state index contributed by atoms with van der Waals surface area (Å²) in [6.45, 7) is 0.469. The third-order valence-electron chi connectivity index (χ3n) is 4.33. The van der Waals surface area contributed by atoms with E-state index < -0.39 is 14.9 Å². The summed E-state index contributed by atoms with van der Waals surface area (Å²) in [6.07, 6.45) is 5.47. The zero-order valence-corrected chi connectivity index (χ0v) is 17.0. The van der Waals surface area contributed by atoms with Gasteiger partial charge in [0.1, 0.15) is 0 Å². The van der Waals surface area contributed by atoms with Gasteiger partial charge in [-0.05, 0) is 31.6 Å². The number of non-ortho nitro benzene ring substituents is 1. The van der Waals surface area contributed by atoms with Crippen LogP contribution in [0.3, 0.4) is 0 Å². The molecule has 0 bridgehead atoms. The van der Waals surface area contributed by atoms with Crippen molar-refractivity contribution < 1.29 is 13.3 Å². The Labute approximate surface area is 163 Å². The highest BCUT2D eigenvalue weighted by atomic mass is 32.2. The number of nitrogens with zero attached hydrogens (tertiary/aromatic N) is 2. The number of benzene rings is 1. The Morgan fingerprint density at radius 3 is 2.78 bits per heavy atom. The highest BCUT2D eigenvalue weighted by molar-refractivity contribution is 7.99. The van der Waals surface area contributed by atoms with Crippen LogP contribution in [0.4, 0.5) is 5.69 Å². The molecule has 9 nitrogen and oxygen atoms in total. The van der Waals surface area contributed by atoms with Gasteiger partial charge in [-0.3, -0.25) is 15.1 Å². The van der Waals surface area contributed by atoms with Crippen molar-refractivity contribution in [2.24, 2.45) is 4.99 Å². The number of sulfonamides is 1. The van der Waals surface area contributed by atoms with Gasteiger partial charge in [0, 0.05) is 43.6 Å². The van der Waals surface area contributed by atoms with Crippen LogP contribution in [-0.2, 0) is 10.0 Å². The first-order chi connectivity index (χ1) is 12.9. The summed E-state index contributed by atoms with van der Waals surface area (Å²) in [5.41, 5.74) is -0.263. The number of nitrogens with one attached hydrogen (secondary N) is 3. The highest BCUT2D eigenvalue weighted by Crippen LogP contribution is 2.27. The predicted octanol–water partition coefficient (Wildman–Crippen LogP) is 1.32. The van der Waals surface area contributed by atoms with Crippen LogP contribution in [0.2, 0.25) is 0 Å². The molecule has 0 aromatic heterocycles. The van der Waals surface area contributed by atoms with Gasteiger partial charge >= 0.3 is 0 Å². The normalized spacial score (nSPS) is 20.4. The summed E-state index contributed by atoms with van der Waals surface area (Å²) in [5, 5.41) is 17.9. The van der Waals surface area contributed by atoms with Crippen molar-refractivity contribution in [2.75, 3.05) is 26.4 Å². The monoisotopic (exact) mass is 415 g/mol. The van der Waals surface area contributed by atoms with E-state index in [1.54, 1.807) is 7.05 Å². The van der Waals surface area contributed by atoms with Crippen molar-refractivity contribution >= 4 is 33.4 Å². The minimum atomic E-state index is -3.81. The van der Waals surface area contributed by atoms with Crippen LogP contribution in [0.25, 0.3) is 0 Å². The molecule has 1 saturated carbocycles. The van der Waals surface area contributed by atoms with E-state index in [9.17, 15) is 18.5 Å². The number of nitro groups is 1. The third-order valence-corrected chi connectivity index (χ3v) is 6.88. The van der Waals surface area contributed by atoms with Gasteiger partial charge in [-0.2, -0.15) is 11.8 Å². The first-order valence-corrected chi connectivity index (χ1v) is 11.4. The lowest BCUT2D eigenvalue weighted by molar-refractivity contribution is -0.385. The minimum absolute atomic E-state index is 0.129. The number of guanidine groups is 1. The Morgan fingerprint density at radius 1 is 1.37 bits per heavy atom. The van der Waals surface area contributed by atoms with Crippen LogP contribution in [-0.4, -0.2) is 57.0 Å². The summed E-state index contributed by atoms with van der Waals surface area (Å²) in [4.78, 5) is 14.2. The summed E-state index contributed by atoms with van der Waals surface area (Å²) in [7, 11) is -2.14. The smallest absolute Gasteiger partial charge is 0.270 e. The lowest BCUT2D eigenvalue weighted by atomic mass is 10.2. The van der Waals surface area contributed by atoms with Gasteiger partial charge in [-0.1, -0.05) is 6.07 Å². The maximum atomic E-state index is 12.3. The van der Waals surface area contributed by atoms with E-state index in [1.165, 1.54) is 24.6 Å². The first kappa shape index (κ1) is 21.5. The summed E-state index contributed by atoms with van der Waals surface area (Å²) in [6, 6.07) is 5.33. The molecule has 1 aromatic carbocycles. The van der Waals surface area contributed by atoms with Gasteiger partial charge in [0.25, 0.3) is 5.69 Å². The fourth-order valence-corrected chi connectivity index (χ4v) is 4.75. The molecule has 1 aliphatic carbocycles. The molecule has 0 spiro atoms. The van der Waals surface area contributed by atoms with E-state index >= 15 is 0 Å². The molecule has 1 fully saturated rings. The van der Waals surface area contributed by atoms with Gasteiger partial charge in [0.05, 0.1) is 9.82 Å². The van der Waals surface area contributed by atoms with Gasteiger partial charge in [0.2, 0.25) is 10.0 Å². The molecule has 0 aliphatic heterocycles. The second-order valence-electron chi connectivity index (χ2n) is 6.16. The lowest BCUT2D eigenvalue weighted by Crippen LogP contribution is -2.45. The molecule has 0 radical (unpaired) electrons. The zero-order chi connectivity index (χ0) is 19.9. The maximum absolute atomic E-state index is 12.3. The Bertz CT molecular complexity index is 785.